The van der Waals surface area contributed by atoms with E-state index in [4.69, 9.17) is 18.9 Å². The van der Waals surface area contributed by atoms with Crippen LogP contribution in [0.4, 0.5) is 5.69 Å². The number of ether oxygens (including phenoxy) is 4. The van der Waals surface area contributed by atoms with Crippen LogP contribution in [0.5, 0.6) is 17.5 Å². The predicted octanol–water partition coefficient (Wildman–Crippen LogP) is 4.62. The van der Waals surface area contributed by atoms with E-state index in [9.17, 15) is 4.79 Å². The van der Waals surface area contributed by atoms with Crippen molar-refractivity contribution in [1.29, 1.82) is 0 Å². The Bertz CT molecular complexity index is 1300. The van der Waals surface area contributed by atoms with Gasteiger partial charge >= 0.3 is 6.01 Å². The normalized spacial score (nSPS) is 10.6. The lowest BCUT2D eigenvalue weighted by atomic mass is 10.2. The molecule has 1 N–H and O–H groups in total. The van der Waals surface area contributed by atoms with Gasteiger partial charge in [-0.2, -0.15) is 4.98 Å². The SMILES string of the molecule is CCOCCOc1nc(-c2cccc(OC)c2)n(-c2ccc(NC(=O)c3cccc(OC)c3)cc2)n1. The molecule has 0 saturated heterocycles. The molecule has 0 atom stereocenters. The second-order valence-electron chi connectivity index (χ2n) is 7.64. The first-order valence-electron chi connectivity index (χ1n) is 11.5. The molecular weight excluding hydrogens is 460 g/mol. The van der Waals surface area contributed by atoms with Gasteiger partial charge in [-0.15, -0.1) is 5.10 Å². The summed E-state index contributed by atoms with van der Waals surface area (Å²) in [5.74, 6) is 1.68. The number of carbonyl (C=O) groups is 1. The van der Waals surface area contributed by atoms with E-state index in [-0.39, 0.29) is 11.9 Å². The Morgan fingerprint density at radius 2 is 1.64 bits per heavy atom. The summed E-state index contributed by atoms with van der Waals surface area (Å²) in [6.45, 7) is 3.32. The molecule has 0 spiro atoms. The fourth-order valence-corrected chi connectivity index (χ4v) is 3.47. The van der Waals surface area contributed by atoms with Crippen molar-refractivity contribution in [3.05, 3.63) is 78.4 Å². The number of aromatic nitrogens is 3. The fourth-order valence-electron chi connectivity index (χ4n) is 3.47. The number of hydrogen-bond donors (Lipinski definition) is 1. The molecule has 1 aromatic heterocycles. The van der Waals surface area contributed by atoms with E-state index < -0.39 is 0 Å². The van der Waals surface area contributed by atoms with Crippen molar-refractivity contribution in [2.45, 2.75) is 6.92 Å². The van der Waals surface area contributed by atoms with Crippen LogP contribution in [-0.2, 0) is 4.74 Å². The zero-order valence-corrected chi connectivity index (χ0v) is 20.4. The van der Waals surface area contributed by atoms with E-state index in [1.807, 2.05) is 43.3 Å². The summed E-state index contributed by atoms with van der Waals surface area (Å²) in [5, 5.41) is 7.45. The van der Waals surface area contributed by atoms with Crippen molar-refractivity contribution in [2.75, 3.05) is 39.4 Å². The number of carbonyl (C=O) groups excluding carboxylic acids is 1. The quantitative estimate of drug-likeness (QED) is 0.308. The molecule has 4 aromatic rings. The maximum atomic E-state index is 12.7. The monoisotopic (exact) mass is 488 g/mol. The van der Waals surface area contributed by atoms with E-state index in [0.29, 0.717) is 48.4 Å². The van der Waals surface area contributed by atoms with E-state index in [1.54, 1.807) is 55.3 Å². The molecule has 1 amide bonds. The van der Waals surface area contributed by atoms with Crippen LogP contribution in [0.1, 0.15) is 17.3 Å². The molecule has 0 radical (unpaired) electrons. The van der Waals surface area contributed by atoms with Gasteiger partial charge in [-0.05, 0) is 61.5 Å². The Labute approximate surface area is 209 Å². The number of hydrogen-bond acceptors (Lipinski definition) is 7. The Morgan fingerprint density at radius 1 is 0.917 bits per heavy atom. The first-order chi connectivity index (χ1) is 17.6. The first kappa shape index (κ1) is 24.7. The highest BCUT2D eigenvalue weighted by Crippen LogP contribution is 2.27. The van der Waals surface area contributed by atoms with Gasteiger partial charge < -0.3 is 24.3 Å². The van der Waals surface area contributed by atoms with Gasteiger partial charge in [0.15, 0.2) is 5.82 Å². The van der Waals surface area contributed by atoms with Crippen molar-refractivity contribution < 1.29 is 23.7 Å². The molecule has 0 unspecified atom stereocenters. The van der Waals surface area contributed by atoms with E-state index in [0.717, 1.165) is 11.3 Å². The number of amides is 1. The lowest BCUT2D eigenvalue weighted by molar-refractivity contribution is 0.102. The predicted molar refractivity (Wildman–Crippen MR) is 136 cm³/mol. The minimum Gasteiger partial charge on any atom is -0.497 e. The molecule has 0 aliphatic rings. The van der Waals surface area contributed by atoms with Crippen molar-refractivity contribution in [2.24, 2.45) is 0 Å². The summed E-state index contributed by atoms with van der Waals surface area (Å²) >= 11 is 0. The smallest absolute Gasteiger partial charge is 0.336 e. The second-order valence-corrected chi connectivity index (χ2v) is 7.64. The fraction of sp³-hybridized carbons (Fsp3) is 0.222. The highest BCUT2D eigenvalue weighted by molar-refractivity contribution is 6.04. The van der Waals surface area contributed by atoms with Crippen molar-refractivity contribution >= 4 is 11.6 Å². The van der Waals surface area contributed by atoms with Crippen LogP contribution < -0.4 is 19.5 Å². The van der Waals surface area contributed by atoms with Gasteiger partial charge in [-0.25, -0.2) is 4.68 Å². The van der Waals surface area contributed by atoms with Gasteiger partial charge in [0.2, 0.25) is 0 Å². The van der Waals surface area contributed by atoms with Gasteiger partial charge in [0.05, 0.1) is 26.5 Å². The van der Waals surface area contributed by atoms with Gasteiger partial charge in [-0.1, -0.05) is 18.2 Å². The molecule has 0 aliphatic carbocycles. The van der Waals surface area contributed by atoms with Crippen LogP contribution in [0.3, 0.4) is 0 Å². The van der Waals surface area contributed by atoms with Crippen molar-refractivity contribution in [3.8, 4) is 34.6 Å². The molecule has 186 valence electrons. The highest BCUT2D eigenvalue weighted by Gasteiger charge is 2.16. The van der Waals surface area contributed by atoms with Gasteiger partial charge in [-0.3, -0.25) is 4.79 Å². The van der Waals surface area contributed by atoms with E-state index in [2.05, 4.69) is 15.4 Å². The minimum atomic E-state index is -0.232. The van der Waals surface area contributed by atoms with Gasteiger partial charge in [0.25, 0.3) is 5.91 Å². The molecule has 0 saturated carbocycles. The van der Waals surface area contributed by atoms with Crippen molar-refractivity contribution in [1.82, 2.24) is 14.8 Å². The van der Waals surface area contributed by atoms with E-state index in [1.165, 1.54) is 0 Å². The number of benzene rings is 3. The molecule has 0 bridgehead atoms. The molecule has 1 heterocycles. The van der Waals surface area contributed by atoms with Crippen LogP contribution in [0.25, 0.3) is 17.1 Å². The summed E-state index contributed by atoms with van der Waals surface area (Å²) in [4.78, 5) is 17.2. The third-order valence-corrected chi connectivity index (χ3v) is 5.28. The summed E-state index contributed by atoms with van der Waals surface area (Å²) in [6.07, 6.45) is 0. The third kappa shape index (κ3) is 6.00. The molecule has 9 heteroatoms. The van der Waals surface area contributed by atoms with Crippen LogP contribution in [0.15, 0.2) is 72.8 Å². The maximum Gasteiger partial charge on any atom is 0.336 e. The summed E-state index contributed by atoms with van der Waals surface area (Å²) in [6, 6.07) is 22.1. The molecule has 0 aliphatic heterocycles. The van der Waals surface area contributed by atoms with E-state index >= 15 is 0 Å². The molecular formula is C27H28N4O5. The zero-order valence-electron chi connectivity index (χ0n) is 20.4. The Kier molecular flexibility index (Phi) is 8.15. The standard InChI is InChI=1S/C27H28N4O5/c1-4-35-15-16-36-27-29-25(19-7-5-9-23(17-19)33-2)31(30-27)22-13-11-21(12-14-22)28-26(32)20-8-6-10-24(18-20)34-3/h5-14,17-18H,4,15-16H2,1-3H3,(H,28,32). The molecule has 36 heavy (non-hydrogen) atoms. The Morgan fingerprint density at radius 3 is 2.36 bits per heavy atom. The largest absolute Gasteiger partial charge is 0.497 e. The number of nitrogens with zero attached hydrogens (tertiary/aromatic N) is 3. The topological polar surface area (TPSA) is 96.7 Å². The second kappa shape index (κ2) is 11.9. The minimum absolute atomic E-state index is 0.232. The number of rotatable bonds is 11. The summed E-state index contributed by atoms with van der Waals surface area (Å²) in [7, 11) is 3.18. The maximum absolute atomic E-state index is 12.7. The summed E-state index contributed by atoms with van der Waals surface area (Å²) in [5.41, 5.74) is 2.71. The highest BCUT2D eigenvalue weighted by atomic mass is 16.5. The van der Waals surface area contributed by atoms with Crippen LogP contribution >= 0.6 is 0 Å². The van der Waals surface area contributed by atoms with Crippen LogP contribution in [0, 0.1) is 0 Å². The first-order valence-corrected chi connectivity index (χ1v) is 11.5. The lowest BCUT2D eigenvalue weighted by Gasteiger charge is -2.09. The molecule has 4 rings (SSSR count). The molecule has 0 fully saturated rings. The Balaban J connectivity index is 1.58. The zero-order chi connectivity index (χ0) is 25.3. The van der Waals surface area contributed by atoms with Gasteiger partial charge in [0.1, 0.15) is 18.1 Å². The summed E-state index contributed by atoms with van der Waals surface area (Å²) < 4.78 is 23.3. The van der Waals surface area contributed by atoms with Gasteiger partial charge in [0, 0.05) is 23.4 Å². The molecule has 3 aromatic carbocycles. The average Bonchev–Trinajstić information content (AvgIpc) is 3.36. The molecule has 9 nitrogen and oxygen atoms in total. The number of methoxy groups -OCH3 is 2. The number of anilines is 1. The van der Waals surface area contributed by atoms with Crippen molar-refractivity contribution in [3.63, 3.8) is 0 Å². The number of nitrogens with one attached hydrogen (secondary N) is 1. The van der Waals surface area contributed by atoms with Crippen LogP contribution in [-0.4, -0.2) is 54.7 Å². The lowest BCUT2D eigenvalue weighted by Crippen LogP contribution is -2.12. The third-order valence-electron chi connectivity index (χ3n) is 5.28. The average molecular weight is 489 g/mol. The Hall–Kier alpha value is -4.37. The van der Waals surface area contributed by atoms with Crippen LogP contribution in [0.2, 0.25) is 0 Å².